The molecule has 4 heteroatoms. The molecule has 2 N–H and O–H groups in total. The molecule has 0 heterocycles. The van der Waals surface area contributed by atoms with E-state index in [9.17, 15) is 9.90 Å². The topological polar surface area (TPSA) is 73.1 Å². The number of carbonyl (C=O) groups excluding carboxylic acids is 1. The molecular formula is C15H18N2O2. The molecule has 1 aliphatic rings. The van der Waals surface area contributed by atoms with Crippen LogP contribution in [0.2, 0.25) is 0 Å². The van der Waals surface area contributed by atoms with Gasteiger partial charge in [0.25, 0.3) is 5.91 Å². The second kappa shape index (κ2) is 5.41. The van der Waals surface area contributed by atoms with Gasteiger partial charge in [-0.2, -0.15) is 5.26 Å². The third kappa shape index (κ3) is 2.94. The first kappa shape index (κ1) is 13.6. The van der Waals surface area contributed by atoms with E-state index in [0.29, 0.717) is 18.4 Å². The van der Waals surface area contributed by atoms with Crippen LogP contribution < -0.4 is 5.32 Å². The number of nitrogens with one attached hydrogen (secondary N) is 1. The van der Waals surface area contributed by atoms with Gasteiger partial charge in [-0.05, 0) is 50.3 Å². The zero-order chi connectivity index (χ0) is 13.9. The van der Waals surface area contributed by atoms with E-state index in [1.807, 2.05) is 19.1 Å². The van der Waals surface area contributed by atoms with Gasteiger partial charge in [-0.25, -0.2) is 0 Å². The molecule has 0 bridgehead atoms. The lowest BCUT2D eigenvalue weighted by Crippen LogP contribution is -2.45. The van der Waals surface area contributed by atoms with Gasteiger partial charge in [0.15, 0.2) is 0 Å². The Hall–Kier alpha value is -1.86. The molecule has 0 aromatic heterocycles. The van der Waals surface area contributed by atoms with Gasteiger partial charge in [0.1, 0.15) is 5.60 Å². The molecule has 4 nitrogen and oxygen atoms in total. The Labute approximate surface area is 113 Å². The van der Waals surface area contributed by atoms with Crippen LogP contribution >= 0.6 is 0 Å². The number of hydrogen-bond acceptors (Lipinski definition) is 3. The van der Waals surface area contributed by atoms with E-state index < -0.39 is 5.60 Å². The van der Waals surface area contributed by atoms with Crippen molar-refractivity contribution in [3.05, 3.63) is 35.4 Å². The van der Waals surface area contributed by atoms with E-state index in [1.54, 1.807) is 12.1 Å². The quantitative estimate of drug-likeness (QED) is 0.871. The summed E-state index contributed by atoms with van der Waals surface area (Å²) in [5.74, 6) is -0.290. The molecule has 2 rings (SSSR count). The molecule has 0 spiro atoms. The first-order valence-corrected chi connectivity index (χ1v) is 6.58. The largest absolute Gasteiger partial charge is 0.380 e. The van der Waals surface area contributed by atoms with Crippen molar-refractivity contribution >= 4 is 5.91 Å². The highest BCUT2D eigenvalue weighted by Gasteiger charge is 2.39. The van der Waals surface area contributed by atoms with Crippen molar-refractivity contribution < 1.29 is 9.90 Å². The fraction of sp³-hybridized carbons (Fsp3) is 0.467. The highest BCUT2D eigenvalue weighted by Crippen LogP contribution is 2.30. The van der Waals surface area contributed by atoms with E-state index >= 15 is 0 Å². The van der Waals surface area contributed by atoms with Crippen molar-refractivity contribution in [2.75, 3.05) is 0 Å². The standard InChI is InChI=1S/C15H18N2O2/c1-11(13-6-4-12(10-16)5-7-13)17-14(18)15(19)8-2-3-9-15/h4-7,11,19H,2-3,8-9H2,1H3,(H,17,18). The summed E-state index contributed by atoms with van der Waals surface area (Å²) in [5, 5.41) is 21.8. The lowest BCUT2D eigenvalue weighted by molar-refractivity contribution is -0.139. The Morgan fingerprint density at radius 3 is 2.47 bits per heavy atom. The number of rotatable bonds is 3. The maximum Gasteiger partial charge on any atom is 0.252 e. The van der Waals surface area contributed by atoms with Crippen LogP contribution in [0.3, 0.4) is 0 Å². The van der Waals surface area contributed by atoms with Gasteiger partial charge in [0.05, 0.1) is 17.7 Å². The van der Waals surface area contributed by atoms with Crippen LogP contribution in [0.5, 0.6) is 0 Å². The van der Waals surface area contributed by atoms with Crippen LogP contribution in [0.25, 0.3) is 0 Å². The molecule has 1 aromatic carbocycles. The molecule has 100 valence electrons. The van der Waals surface area contributed by atoms with Crippen LogP contribution in [0.1, 0.15) is 49.8 Å². The highest BCUT2D eigenvalue weighted by atomic mass is 16.3. The Bertz CT molecular complexity index is 496. The molecule has 1 atom stereocenters. The average molecular weight is 258 g/mol. The van der Waals surface area contributed by atoms with Crippen molar-refractivity contribution in [2.24, 2.45) is 0 Å². The van der Waals surface area contributed by atoms with Crippen LogP contribution in [0.4, 0.5) is 0 Å². The average Bonchev–Trinajstić information content (AvgIpc) is 2.87. The van der Waals surface area contributed by atoms with Crippen molar-refractivity contribution in [3.63, 3.8) is 0 Å². The number of nitrogens with zero attached hydrogens (tertiary/aromatic N) is 1. The Balaban J connectivity index is 2.02. The first-order chi connectivity index (χ1) is 9.05. The lowest BCUT2D eigenvalue weighted by atomic mass is 10.00. The molecule has 19 heavy (non-hydrogen) atoms. The highest BCUT2D eigenvalue weighted by molar-refractivity contribution is 5.85. The van der Waals surface area contributed by atoms with Gasteiger partial charge in [-0.15, -0.1) is 0 Å². The fourth-order valence-corrected chi connectivity index (χ4v) is 2.45. The monoisotopic (exact) mass is 258 g/mol. The lowest BCUT2D eigenvalue weighted by Gasteiger charge is -2.24. The van der Waals surface area contributed by atoms with E-state index in [-0.39, 0.29) is 11.9 Å². The number of carbonyl (C=O) groups is 1. The minimum Gasteiger partial charge on any atom is -0.380 e. The third-order valence-electron chi connectivity index (χ3n) is 3.74. The summed E-state index contributed by atoms with van der Waals surface area (Å²) in [7, 11) is 0. The van der Waals surface area contributed by atoms with Gasteiger partial charge < -0.3 is 10.4 Å². The third-order valence-corrected chi connectivity index (χ3v) is 3.74. The van der Waals surface area contributed by atoms with Crippen molar-refractivity contribution in [2.45, 2.75) is 44.2 Å². The summed E-state index contributed by atoms with van der Waals surface area (Å²) in [6.45, 7) is 1.87. The molecule has 1 amide bonds. The van der Waals surface area contributed by atoms with Gasteiger partial charge in [0, 0.05) is 0 Å². The molecule has 0 radical (unpaired) electrons. The number of nitriles is 1. The Kier molecular flexibility index (Phi) is 3.87. The summed E-state index contributed by atoms with van der Waals surface area (Å²) in [6.07, 6.45) is 2.88. The number of benzene rings is 1. The summed E-state index contributed by atoms with van der Waals surface area (Å²) in [6, 6.07) is 8.97. The maximum absolute atomic E-state index is 12.1. The molecule has 0 saturated heterocycles. The van der Waals surface area contributed by atoms with E-state index in [4.69, 9.17) is 5.26 Å². The Morgan fingerprint density at radius 2 is 1.95 bits per heavy atom. The molecule has 1 aliphatic carbocycles. The second-order valence-electron chi connectivity index (χ2n) is 5.17. The zero-order valence-electron chi connectivity index (χ0n) is 11.0. The fourth-order valence-electron chi connectivity index (χ4n) is 2.45. The zero-order valence-corrected chi connectivity index (χ0v) is 11.0. The maximum atomic E-state index is 12.1. The van der Waals surface area contributed by atoms with Crippen LogP contribution in [0, 0.1) is 11.3 Å². The molecule has 0 aliphatic heterocycles. The normalized spacial score (nSPS) is 18.6. The second-order valence-corrected chi connectivity index (χ2v) is 5.17. The molecule has 1 saturated carbocycles. The van der Waals surface area contributed by atoms with Crippen LogP contribution in [0.15, 0.2) is 24.3 Å². The molecule has 1 fully saturated rings. The van der Waals surface area contributed by atoms with E-state index in [1.165, 1.54) is 0 Å². The molecule has 1 unspecified atom stereocenters. The molecular weight excluding hydrogens is 240 g/mol. The SMILES string of the molecule is CC(NC(=O)C1(O)CCCC1)c1ccc(C#N)cc1. The molecule has 1 aromatic rings. The summed E-state index contributed by atoms with van der Waals surface area (Å²) < 4.78 is 0. The Morgan fingerprint density at radius 1 is 1.37 bits per heavy atom. The smallest absolute Gasteiger partial charge is 0.252 e. The summed E-state index contributed by atoms with van der Waals surface area (Å²) in [4.78, 5) is 12.1. The van der Waals surface area contributed by atoms with Crippen molar-refractivity contribution in [1.29, 1.82) is 5.26 Å². The predicted octanol–water partition coefficient (Wildman–Crippen LogP) is 2.04. The number of hydrogen-bond donors (Lipinski definition) is 2. The van der Waals surface area contributed by atoms with Gasteiger partial charge in [-0.1, -0.05) is 12.1 Å². The van der Waals surface area contributed by atoms with Crippen LogP contribution in [-0.4, -0.2) is 16.6 Å². The summed E-state index contributed by atoms with van der Waals surface area (Å²) >= 11 is 0. The predicted molar refractivity (Wildman–Crippen MR) is 71.1 cm³/mol. The van der Waals surface area contributed by atoms with Gasteiger partial charge in [0.2, 0.25) is 0 Å². The summed E-state index contributed by atoms with van der Waals surface area (Å²) in [5.41, 5.74) is 0.326. The van der Waals surface area contributed by atoms with E-state index in [0.717, 1.165) is 18.4 Å². The first-order valence-electron chi connectivity index (χ1n) is 6.58. The van der Waals surface area contributed by atoms with Crippen molar-refractivity contribution in [1.82, 2.24) is 5.32 Å². The van der Waals surface area contributed by atoms with E-state index in [2.05, 4.69) is 11.4 Å². The number of amides is 1. The minimum atomic E-state index is -1.19. The van der Waals surface area contributed by atoms with Gasteiger partial charge in [-0.3, -0.25) is 4.79 Å². The van der Waals surface area contributed by atoms with Crippen LogP contribution in [-0.2, 0) is 4.79 Å². The van der Waals surface area contributed by atoms with Gasteiger partial charge >= 0.3 is 0 Å². The number of aliphatic hydroxyl groups is 1. The van der Waals surface area contributed by atoms with Crippen molar-refractivity contribution in [3.8, 4) is 6.07 Å². The minimum absolute atomic E-state index is 0.176.